The van der Waals surface area contributed by atoms with Gasteiger partial charge in [0.15, 0.2) is 0 Å². The summed E-state index contributed by atoms with van der Waals surface area (Å²) in [6.07, 6.45) is 0.275. The van der Waals surface area contributed by atoms with Gasteiger partial charge in [-0.25, -0.2) is 0 Å². The first-order chi connectivity index (χ1) is 9.16. The number of rotatable bonds is 4. The molecule has 0 bridgehead atoms. The number of halogens is 3. The molecule has 1 aliphatic rings. The predicted molar refractivity (Wildman–Crippen MR) is 83.0 cm³/mol. The number of hydrogen-bond donors (Lipinski definition) is 2. The van der Waals surface area contributed by atoms with Crippen LogP contribution >= 0.6 is 35.6 Å². The van der Waals surface area contributed by atoms with Crippen LogP contribution in [0.15, 0.2) is 18.2 Å². The maximum atomic E-state index is 11.8. The van der Waals surface area contributed by atoms with Crippen molar-refractivity contribution < 1.29 is 9.53 Å². The second-order valence-corrected chi connectivity index (χ2v) is 5.18. The average Bonchev–Trinajstić information content (AvgIpc) is 2.42. The van der Waals surface area contributed by atoms with Crippen LogP contribution in [-0.2, 0) is 16.0 Å². The van der Waals surface area contributed by atoms with E-state index in [9.17, 15) is 4.79 Å². The van der Waals surface area contributed by atoms with E-state index >= 15 is 0 Å². The van der Waals surface area contributed by atoms with Gasteiger partial charge in [-0.1, -0.05) is 29.3 Å². The minimum absolute atomic E-state index is 0. The van der Waals surface area contributed by atoms with E-state index in [-0.39, 0.29) is 18.3 Å². The molecule has 1 heterocycles. The summed E-state index contributed by atoms with van der Waals surface area (Å²) in [5, 5.41) is 7.20. The molecule has 1 unspecified atom stereocenters. The number of carbonyl (C=O) groups excluding carboxylic acids is 1. The molecule has 2 N–H and O–H groups in total. The van der Waals surface area contributed by atoms with Crippen LogP contribution in [0.1, 0.15) is 5.56 Å². The van der Waals surface area contributed by atoms with Gasteiger partial charge in [0.05, 0.1) is 6.61 Å². The van der Waals surface area contributed by atoms with E-state index in [4.69, 9.17) is 27.9 Å². The fourth-order valence-electron chi connectivity index (χ4n) is 1.89. The minimum Gasteiger partial charge on any atom is -0.366 e. The van der Waals surface area contributed by atoms with Crippen molar-refractivity contribution in [2.24, 2.45) is 0 Å². The Balaban J connectivity index is 0.00000200. The number of carbonyl (C=O) groups is 1. The monoisotopic (exact) mass is 338 g/mol. The van der Waals surface area contributed by atoms with Crippen molar-refractivity contribution >= 4 is 41.5 Å². The molecule has 0 radical (unpaired) electrons. The van der Waals surface area contributed by atoms with Gasteiger partial charge in [0.1, 0.15) is 6.10 Å². The van der Waals surface area contributed by atoms with E-state index in [1.165, 1.54) is 0 Å². The van der Waals surface area contributed by atoms with Gasteiger partial charge in [0, 0.05) is 29.7 Å². The van der Waals surface area contributed by atoms with Crippen molar-refractivity contribution in [2.75, 3.05) is 26.2 Å². The molecule has 0 saturated carbocycles. The molecule has 1 saturated heterocycles. The van der Waals surface area contributed by atoms with Crippen LogP contribution in [0.2, 0.25) is 10.0 Å². The molecule has 2 rings (SSSR count). The first-order valence-electron chi connectivity index (χ1n) is 6.21. The summed E-state index contributed by atoms with van der Waals surface area (Å²) in [7, 11) is 0. The van der Waals surface area contributed by atoms with Crippen LogP contribution in [0.5, 0.6) is 0 Å². The number of benzene rings is 1. The van der Waals surface area contributed by atoms with Crippen LogP contribution in [0.25, 0.3) is 0 Å². The Morgan fingerprint density at radius 3 is 2.90 bits per heavy atom. The molecule has 0 spiro atoms. The van der Waals surface area contributed by atoms with Crippen molar-refractivity contribution in [1.29, 1.82) is 0 Å². The molecule has 0 aromatic heterocycles. The normalized spacial score (nSPS) is 18.2. The van der Waals surface area contributed by atoms with Gasteiger partial charge >= 0.3 is 0 Å². The standard InChI is InChI=1S/C13H16Cl2N2O2.ClH/c14-10-2-1-9(11(15)7-10)3-4-17-13(18)12-8-16-5-6-19-12;/h1-2,7,12,16H,3-6,8H2,(H,17,18);1H. The van der Waals surface area contributed by atoms with Gasteiger partial charge in [-0.2, -0.15) is 0 Å². The van der Waals surface area contributed by atoms with Crippen LogP contribution in [0.3, 0.4) is 0 Å². The molecular weight excluding hydrogens is 323 g/mol. The first-order valence-corrected chi connectivity index (χ1v) is 6.96. The Hall–Kier alpha value is -0.520. The second kappa shape index (κ2) is 8.70. The highest BCUT2D eigenvalue weighted by atomic mass is 35.5. The Morgan fingerprint density at radius 1 is 1.45 bits per heavy atom. The predicted octanol–water partition coefficient (Wildman–Crippen LogP) is 2.06. The Labute approximate surface area is 134 Å². The van der Waals surface area contributed by atoms with Crippen LogP contribution in [0, 0.1) is 0 Å². The topological polar surface area (TPSA) is 50.4 Å². The van der Waals surface area contributed by atoms with Gasteiger partial charge in [-0.15, -0.1) is 12.4 Å². The number of ether oxygens (including phenoxy) is 1. The molecule has 4 nitrogen and oxygen atoms in total. The maximum Gasteiger partial charge on any atom is 0.250 e. The molecule has 112 valence electrons. The minimum atomic E-state index is -0.394. The lowest BCUT2D eigenvalue weighted by molar-refractivity contribution is -0.134. The smallest absolute Gasteiger partial charge is 0.250 e. The van der Waals surface area contributed by atoms with Crippen molar-refractivity contribution in [1.82, 2.24) is 10.6 Å². The highest BCUT2D eigenvalue weighted by molar-refractivity contribution is 6.35. The molecule has 1 amide bonds. The van der Waals surface area contributed by atoms with E-state index in [1.807, 2.05) is 6.07 Å². The third kappa shape index (κ3) is 5.11. The van der Waals surface area contributed by atoms with Crippen LogP contribution in [0.4, 0.5) is 0 Å². The summed E-state index contributed by atoms with van der Waals surface area (Å²) in [4.78, 5) is 11.8. The van der Waals surface area contributed by atoms with Gasteiger partial charge < -0.3 is 15.4 Å². The first kappa shape index (κ1) is 17.5. The quantitative estimate of drug-likeness (QED) is 0.883. The fraction of sp³-hybridized carbons (Fsp3) is 0.462. The molecular formula is C13H17Cl3N2O2. The maximum absolute atomic E-state index is 11.8. The number of nitrogens with one attached hydrogen (secondary N) is 2. The second-order valence-electron chi connectivity index (χ2n) is 4.34. The number of morpholine rings is 1. The lowest BCUT2D eigenvalue weighted by Crippen LogP contribution is -2.48. The number of hydrogen-bond acceptors (Lipinski definition) is 3. The fourth-order valence-corrected chi connectivity index (χ4v) is 2.40. The zero-order valence-corrected chi connectivity index (χ0v) is 13.2. The van der Waals surface area contributed by atoms with Crippen LogP contribution < -0.4 is 10.6 Å². The molecule has 1 atom stereocenters. The van der Waals surface area contributed by atoms with E-state index in [2.05, 4.69) is 10.6 Å². The molecule has 0 aliphatic carbocycles. The van der Waals surface area contributed by atoms with Gasteiger partial charge in [0.2, 0.25) is 5.91 Å². The lowest BCUT2D eigenvalue weighted by atomic mass is 10.1. The highest BCUT2D eigenvalue weighted by Crippen LogP contribution is 2.21. The molecule has 7 heteroatoms. The third-order valence-corrected chi connectivity index (χ3v) is 3.52. The lowest BCUT2D eigenvalue weighted by Gasteiger charge is -2.22. The molecule has 1 aliphatic heterocycles. The third-order valence-electron chi connectivity index (χ3n) is 2.93. The van der Waals surface area contributed by atoms with E-state index < -0.39 is 6.10 Å². The van der Waals surface area contributed by atoms with E-state index in [1.54, 1.807) is 12.1 Å². The summed E-state index contributed by atoms with van der Waals surface area (Å²) < 4.78 is 5.36. The summed E-state index contributed by atoms with van der Waals surface area (Å²) in [5.74, 6) is -0.0858. The largest absolute Gasteiger partial charge is 0.366 e. The number of amides is 1. The zero-order valence-electron chi connectivity index (χ0n) is 10.8. The summed E-state index contributed by atoms with van der Waals surface area (Å²) in [5.41, 5.74) is 0.967. The highest BCUT2D eigenvalue weighted by Gasteiger charge is 2.20. The van der Waals surface area contributed by atoms with Gasteiger partial charge in [-0.3, -0.25) is 4.79 Å². The molecule has 1 aromatic carbocycles. The summed E-state index contributed by atoms with van der Waals surface area (Å²) in [6, 6.07) is 5.36. The summed E-state index contributed by atoms with van der Waals surface area (Å²) in [6.45, 7) is 2.46. The Bertz CT molecular complexity index is 451. The van der Waals surface area contributed by atoms with Crippen molar-refractivity contribution in [2.45, 2.75) is 12.5 Å². The Morgan fingerprint density at radius 2 is 2.25 bits per heavy atom. The SMILES string of the molecule is Cl.O=C(NCCc1ccc(Cl)cc1Cl)C1CNCCO1. The van der Waals surface area contributed by atoms with Crippen molar-refractivity contribution in [3.8, 4) is 0 Å². The average molecular weight is 340 g/mol. The zero-order chi connectivity index (χ0) is 13.7. The molecule has 1 aromatic rings. The van der Waals surface area contributed by atoms with E-state index in [0.717, 1.165) is 12.1 Å². The van der Waals surface area contributed by atoms with Gasteiger partial charge in [0.25, 0.3) is 0 Å². The van der Waals surface area contributed by atoms with Crippen LogP contribution in [-0.4, -0.2) is 38.3 Å². The molecule has 1 fully saturated rings. The van der Waals surface area contributed by atoms with Crippen molar-refractivity contribution in [3.05, 3.63) is 33.8 Å². The van der Waals surface area contributed by atoms with E-state index in [0.29, 0.717) is 36.2 Å². The van der Waals surface area contributed by atoms with Gasteiger partial charge in [-0.05, 0) is 24.1 Å². The molecule has 20 heavy (non-hydrogen) atoms. The van der Waals surface area contributed by atoms with Crippen molar-refractivity contribution in [3.63, 3.8) is 0 Å². The Kier molecular flexibility index (Phi) is 7.62. The summed E-state index contributed by atoms with van der Waals surface area (Å²) >= 11 is 11.9.